The molecule has 4 heterocycles. The van der Waals surface area contributed by atoms with Gasteiger partial charge in [0, 0.05) is 41.2 Å². The maximum atomic E-state index is 11.2. The second-order valence-electron chi connectivity index (χ2n) is 9.30. The molecule has 1 aliphatic heterocycles. The molecule has 6 rings (SSSR count). The van der Waals surface area contributed by atoms with E-state index in [9.17, 15) is 10.2 Å². The Hall–Kier alpha value is -2.26. The van der Waals surface area contributed by atoms with Crippen molar-refractivity contribution in [1.82, 2.24) is 19.5 Å². The molecule has 0 unspecified atom stereocenters. The fraction of sp³-hybridized carbons (Fsp3) is 0.375. The molecule has 1 saturated carbocycles. The molecule has 2 N–H and O–H groups in total. The predicted octanol–water partition coefficient (Wildman–Crippen LogP) is 4.27. The van der Waals surface area contributed by atoms with Crippen LogP contribution in [0.1, 0.15) is 24.6 Å². The van der Waals surface area contributed by atoms with E-state index >= 15 is 0 Å². The van der Waals surface area contributed by atoms with E-state index in [1.54, 1.807) is 6.33 Å². The van der Waals surface area contributed by atoms with Crippen molar-refractivity contribution >= 4 is 55.2 Å². The third kappa shape index (κ3) is 3.26. The lowest BCUT2D eigenvalue weighted by Gasteiger charge is -2.29. The average molecular weight is 529 g/mol. The minimum Gasteiger partial charge on any atom is -0.390 e. The van der Waals surface area contributed by atoms with Gasteiger partial charge in [-0.2, -0.15) is 0 Å². The van der Waals surface area contributed by atoms with Gasteiger partial charge in [-0.3, -0.25) is 0 Å². The second-order valence-corrected chi connectivity index (χ2v) is 10.5. The summed E-state index contributed by atoms with van der Waals surface area (Å²) in [6.07, 6.45) is 3.33. The third-order valence-electron chi connectivity index (χ3n) is 7.49. The molecule has 4 aromatic rings. The largest absolute Gasteiger partial charge is 0.390 e. The van der Waals surface area contributed by atoms with Gasteiger partial charge in [0.05, 0.1) is 27.8 Å². The van der Waals surface area contributed by atoms with Crippen molar-refractivity contribution in [1.29, 1.82) is 0 Å². The van der Waals surface area contributed by atoms with Gasteiger partial charge >= 0.3 is 0 Å². The monoisotopic (exact) mass is 527 g/mol. The first kappa shape index (κ1) is 21.3. The van der Waals surface area contributed by atoms with Gasteiger partial charge in [-0.15, -0.1) is 0 Å². The van der Waals surface area contributed by atoms with Gasteiger partial charge in [-0.05, 0) is 60.0 Å². The van der Waals surface area contributed by atoms with Gasteiger partial charge < -0.3 is 19.7 Å². The van der Waals surface area contributed by atoms with Gasteiger partial charge in [-0.1, -0.05) is 17.7 Å². The molecule has 170 valence electrons. The van der Waals surface area contributed by atoms with Crippen molar-refractivity contribution in [2.45, 2.75) is 38.0 Å². The standard InChI is InChI=1S/C24H23BrClN5O2/c1-13-16-4-6-31(23(16)28-12-27-13)19-10-24(21(33)20(19)32)5-7-30(11-24)15-3-2-14-8-17(25)22(26)29-18(14)9-15/h2-4,6,8-9,12,19-21,32-33H,5,7,10-11H2,1H3/t19-,20+,21+,24-/m1/s1. The summed E-state index contributed by atoms with van der Waals surface area (Å²) in [7, 11) is 0. The Kier molecular flexibility index (Phi) is 4.92. The second kappa shape index (κ2) is 7.63. The molecule has 1 aliphatic carbocycles. The van der Waals surface area contributed by atoms with E-state index < -0.39 is 12.2 Å². The van der Waals surface area contributed by atoms with Crippen molar-refractivity contribution in [2.75, 3.05) is 18.0 Å². The Labute approximate surface area is 204 Å². The summed E-state index contributed by atoms with van der Waals surface area (Å²) in [5.74, 6) is 0. The Bertz CT molecular complexity index is 1390. The van der Waals surface area contributed by atoms with Crippen LogP contribution in [0, 0.1) is 12.3 Å². The van der Waals surface area contributed by atoms with E-state index in [1.807, 2.05) is 42.0 Å². The summed E-state index contributed by atoms with van der Waals surface area (Å²) >= 11 is 9.63. The molecule has 1 saturated heterocycles. The zero-order chi connectivity index (χ0) is 22.9. The van der Waals surface area contributed by atoms with Gasteiger partial charge in [-0.25, -0.2) is 15.0 Å². The van der Waals surface area contributed by atoms with Crippen molar-refractivity contribution in [3.63, 3.8) is 0 Å². The molecule has 3 aromatic heterocycles. The number of benzene rings is 1. The van der Waals surface area contributed by atoms with Crippen LogP contribution in [0.15, 0.2) is 47.3 Å². The van der Waals surface area contributed by atoms with E-state index in [1.165, 1.54) is 0 Å². The number of aryl methyl sites for hydroxylation is 1. The number of aromatic nitrogens is 4. The normalized spacial score (nSPS) is 27.4. The van der Waals surface area contributed by atoms with Crippen LogP contribution >= 0.6 is 27.5 Å². The van der Waals surface area contributed by atoms with Gasteiger partial charge in [0.1, 0.15) is 23.2 Å². The molecule has 7 nitrogen and oxygen atoms in total. The molecule has 1 spiro atoms. The highest BCUT2D eigenvalue weighted by atomic mass is 79.9. The summed E-state index contributed by atoms with van der Waals surface area (Å²) < 4.78 is 2.78. The van der Waals surface area contributed by atoms with E-state index in [-0.39, 0.29) is 11.5 Å². The van der Waals surface area contributed by atoms with Crippen LogP contribution in [0.2, 0.25) is 5.15 Å². The number of nitrogens with zero attached hydrogens (tertiary/aromatic N) is 5. The molecule has 0 amide bonds. The van der Waals surface area contributed by atoms with E-state index in [2.05, 4.69) is 41.8 Å². The number of halogens is 2. The number of fused-ring (bicyclic) bond motifs is 2. The van der Waals surface area contributed by atoms with Crippen molar-refractivity contribution < 1.29 is 10.2 Å². The lowest BCUT2D eigenvalue weighted by atomic mass is 9.83. The summed E-state index contributed by atoms with van der Waals surface area (Å²) in [4.78, 5) is 15.5. The first-order valence-corrected chi connectivity index (χ1v) is 12.2. The maximum absolute atomic E-state index is 11.2. The van der Waals surface area contributed by atoms with Crippen LogP contribution in [-0.2, 0) is 0 Å². The first-order valence-electron chi connectivity index (χ1n) is 11.0. The third-order valence-corrected chi connectivity index (χ3v) is 8.61. The number of hydrogen-bond acceptors (Lipinski definition) is 6. The molecule has 0 radical (unpaired) electrons. The molecule has 1 aromatic carbocycles. The lowest BCUT2D eigenvalue weighted by molar-refractivity contribution is -0.0204. The molecular formula is C24H23BrClN5O2. The molecule has 2 fully saturated rings. The number of anilines is 1. The number of aliphatic hydroxyl groups is 2. The average Bonchev–Trinajstić information content (AvgIpc) is 3.48. The number of hydrogen-bond donors (Lipinski definition) is 2. The van der Waals surface area contributed by atoms with Crippen molar-refractivity contribution in [3.8, 4) is 0 Å². The summed E-state index contributed by atoms with van der Waals surface area (Å²) in [6.45, 7) is 3.43. The van der Waals surface area contributed by atoms with Gasteiger partial charge in [0.25, 0.3) is 0 Å². The first-order chi connectivity index (χ1) is 15.9. The topological polar surface area (TPSA) is 87.3 Å². The fourth-order valence-corrected chi connectivity index (χ4v) is 6.17. The Balaban J connectivity index is 1.30. The molecular weight excluding hydrogens is 506 g/mol. The van der Waals surface area contributed by atoms with Crippen LogP contribution < -0.4 is 4.90 Å². The number of pyridine rings is 1. The van der Waals surface area contributed by atoms with Gasteiger partial charge in [0.2, 0.25) is 0 Å². The zero-order valence-corrected chi connectivity index (χ0v) is 20.3. The molecule has 4 atom stereocenters. The van der Waals surface area contributed by atoms with Crippen molar-refractivity contribution in [3.05, 3.63) is 58.2 Å². The Morgan fingerprint density at radius 1 is 1.18 bits per heavy atom. The SMILES string of the molecule is Cc1ncnc2c1ccn2[C@@H]1C[C@@]2(CCN(c3ccc4cc(Br)c(Cl)nc4c3)C2)[C@@H](O)[C@H]1O. The van der Waals surface area contributed by atoms with Crippen LogP contribution in [0.5, 0.6) is 0 Å². The van der Waals surface area contributed by atoms with Crippen LogP contribution in [0.3, 0.4) is 0 Å². The summed E-state index contributed by atoms with van der Waals surface area (Å²) in [5, 5.41) is 24.7. The minimum atomic E-state index is -0.856. The Morgan fingerprint density at radius 2 is 2.03 bits per heavy atom. The quantitative estimate of drug-likeness (QED) is 0.378. The smallest absolute Gasteiger partial charge is 0.143 e. The highest BCUT2D eigenvalue weighted by Crippen LogP contribution is 2.51. The highest BCUT2D eigenvalue weighted by Gasteiger charge is 2.56. The van der Waals surface area contributed by atoms with Crippen molar-refractivity contribution in [2.24, 2.45) is 5.41 Å². The summed E-state index contributed by atoms with van der Waals surface area (Å²) in [6, 6.07) is 9.88. The molecule has 0 bridgehead atoms. The molecule has 2 aliphatic rings. The zero-order valence-electron chi connectivity index (χ0n) is 18.0. The van der Waals surface area contributed by atoms with E-state index in [0.29, 0.717) is 18.1 Å². The lowest BCUT2D eigenvalue weighted by Crippen LogP contribution is -2.38. The number of aliphatic hydroxyl groups excluding tert-OH is 2. The van der Waals surface area contributed by atoms with Crippen LogP contribution in [0.25, 0.3) is 21.9 Å². The van der Waals surface area contributed by atoms with Crippen LogP contribution in [0.4, 0.5) is 5.69 Å². The fourth-order valence-electron chi connectivity index (χ4n) is 5.69. The molecule has 33 heavy (non-hydrogen) atoms. The minimum absolute atomic E-state index is 0.235. The van der Waals surface area contributed by atoms with Gasteiger partial charge in [0.15, 0.2) is 0 Å². The predicted molar refractivity (Wildman–Crippen MR) is 132 cm³/mol. The maximum Gasteiger partial charge on any atom is 0.143 e. The van der Waals surface area contributed by atoms with E-state index in [0.717, 1.165) is 50.8 Å². The van der Waals surface area contributed by atoms with E-state index in [4.69, 9.17) is 11.6 Å². The molecule has 9 heteroatoms. The number of rotatable bonds is 2. The summed E-state index contributed by atoms with van der Waals surface area (Å²) in [5.41, 5.74) is 3.20. The van der Waals surface area contributed by atoms with Crippen LogP contribution in [-0.4, -0.2) is 55.0 Å². The highest BCUT2D eigenvalue weighted by molar-refractivity contribution is 9.10. The Morgan fingerprint density at radius 3 is 2.88 bits per heavy atom.